The average molecular weight is 239 g/mol. The van der Waals surface area contributed by atoms with Crippen LogP contribution in [0.1, 0.15) is 39.5 Å². The molecule has 0 aromatic heterocycles. The van der Waals surface area contributed by atoms with Crippen LogP contribution in [-0.4, -0.2) is 61.2 Å². The molecule has 0 aromatic rings. The zero-order chi connectivity index (χ0) is 12.3. The van der Waals surface area contributed by atoms with Crippen molar-refractivity contribution in [2.75, 3.05) is 33.2 Å². The van der Waals surface area contributed by atoms with Crippen LogP contribution >= 0.6 is 0 Å². The van der Waals surface area contributed by atoms with E-state index in [1.165, 1.54) is 51.9 Å². The van der Waals surface area contributed by atoms with Crippen LogP contribution in [0.25, 0.3) is 0 Å². The molecule has 0 radical (unpaired) electrons. The zero-order valence-corrected chi connectivity index (χ0v) is 11.8. The molecule has 17 heavy (non-hydrogen) atoms. The first-order valence-corrected chi connectivity index (χ1v) is 7.34. The average Bonchev–Trinajstić information content (AvgIpc) is 2.30. The maximum absolute atomic E-state index is 3.68. The first-order chi connectivity index (χ1) is 8.16. The summed E-state index contributed by atoms with van der Waals surface area (Å²) < 4.78 is 0. The van der Waals surface area contributed by atoms with Gasteiger partial charge in [-0.05, 0) is 46.7 Å². The van der Waals surface area contributed by atoms with Gasteiger partial charge in [-0.25, -0.2) is 0 Å². The van der Waals surface area contributed by atoms with Crippen LogP contribution in [0.2, 0.25) is 0 Å². The fourth-order valence-corrected chi connectivity index (χ4v) is 3.48. The van der Waals surface area contributed by atoms with Crippen LogP contribution in [-0.2, 0) is 0 Å². The minimum atomic E-state index is 0.715. The van der Waals surface area contributed by atoms with Gasteiger partial charge in [-0.3, -0.25) is 4.90 Å². The molecule has 1 N–H and O–H groups in total. The Morgan fingerprint density at radius 1 is 1.29 bits per heavy atom. The van der Waals surface area contributed by atoms with Crippen molar-refractivity contribution in [1.29, 1.82) is 0 Å². The van der Waals surface area contributed by atoms with Crippen molar-refractivity contribution >= 4 is 0 Å². The second kappa shape index (κ2) is 6.17. The Kier molecular flexibility index (Phi) is 4.83. The van der Waals surface area contributed by atoms with Gasteiger partial charge < -0.3 is 10.2 Å². The summed E-state index contributed by atoms with van der Waals surface area (Å²) in [5, 5.41) is 3.68. The zero-order valence-electron chi connectivity index (χ0n) is 11.8. The van der Waals surface area contributed by atoms with E-state index < -0.39 is 0 Å². The Bertz CT molecular complexity index is 226. The molecule has 3 nitrogen and oxygen atoms in total. The lowest BCUT2D eigenvalue weighted by Crippen LogP contribution is -2.54. The first-order valence-electron chi connectivity index (χ1n) is 7.34. The van der Waals surface area contributed by atoms with Crippen molar-refractivity contribution in [3.05, 3.63) is 0 Å². The van der Waals surface area contributed by atoms with Crippen molar-refractivity contribution in [1.82, 2.24) is 15.1 Å². The normalized spacial score (nSPS) is 34.8. The fraction of sp³-hybridized carbons (Fsp3) is 1.00. The van der Waals surface area contributed by atoms with Gasteiger partial charge in [0, 0.05) is 37.8 Å². The molecule has 0 aromatic carbocycles. The number of hydrogen-bond donors (Lipinski definition) is 1. The number of piperidine rings is 1. The predicted octanol–water partition coefficient (Wildman–Crippen LogP) is 1.54. The summed E-state index contributed by atoms with van der Waals surface area (Å²) in [6.45, 7) is 9.72. The summed E-state index contributed by atoms with van der Waals surface area (Å²) in [6, 6.07) is 2.22. The van der Waals surface area contributed by atoms with E-state index >= 15 is 0 Å². The van der Waals surface area contributed by atoms with Crippen LogP contribution in [0.4, 0.5) is 0 Å². The summed E-state index contributed by atoms with van der Waals surface area (Å²) in [4.78, 5) is 5.16. The minimum absolute atomic E-state index is 0.715. The SMILES string of the molecule is CC(CC1CCCCN1)N1CCN(C)CC1C. The topological polar surface area (TPSA) is 18.5 Å². The smallest absolute Gasteiger partial charge is 0.0198 e. The molecule has 0 amide bonds. The lowest BCUT2D eigenvalue weighted by atomic mass is 9.97. The molecule has 0 saturated carbocycles. The minimum Gasteiger partial charge on any atom is -0.314 e. The van der Waals surface area contributed by atoms with Gasteiger partial charge in [0.15, 0.2) is 0 Å². The van der Waals surface area contributed by atoms with Gasteiger partial charge >= 0.3 is 0 Å². The Balaban J connectivity index is 1.80. The molecule has 2 aliphatic heterocycles. The molecule has 0 aliphatic carbocycles. The van der Waals surface area contributed by atoms with Crippen molar-refractivity contribution in [3.8, 4) is 0 Å². The van der Waals surface area contributed by atoms with Gasteiger partial charge in [-0.1, -0.05) is 6.42 Å². The number of nitrogens with zero attached hydrogens (tertiary/aromatic N) is 2. The van der Waals surface area contributed by atoms with Crippen LogP contribution in [0.5, 0.6) is 0 Å². The Morgan fingerprint density at radius 2 is 2.12 bits per heavy atom. The Hall–Kier alpha value is -0.120. The fourth-order valence-electron chi connectivity index (χ4n) is 3.48. The number of hydrogen-bond acceptors (Lipinski definition) is 3. The molecule has 2 fully saturated rings. The largest absolute Gasteiger partial charge is 0.314 e. The van der Waals surface area contributed by atoms with Gasteiger partial charge in [0.25, 0.3) is 0 Å². The highest BCUT2D eigenvalue weighted by molar-refractivity contribution is 4.84. The Labute approximate surface area is 107 Å². The summed E-state index contributed by atoms with van der Waals surface area (Å²) in [5.41, 5.74) is 0. The third kappa shape index (κ3) is 3.67. The number of rotatable bonds is 3. The quantitative estimate of drug-likeness (QED) is 0.806. The molecule has 2 saturated heterocycles. The Morgan fingerprint density at radius 3 is 2.76 bits per heavy atom. The van der Waals surface area contributed by atoms with Crippen LogP contribution < -0.4 is 5.32 Å². The highest BCUT2D eigenvalue weighted by atomic mass is 15.3. The van der Waals surface area contributed by atoms with Crippen LogP contribution in [0.3, 0.4) is 0 Å². The summed E-state index contributed by atoms with van der Waals surface area (Å²) in [5.74, 6) is 0. The second-order valence-corrected chi connectivity index (χ2v) is 6.08. The molecular formula is C14H29N3. The maximum atomic E-state index is 3.68. The monoisotopic (exact) mass is 239 g/mol. The van der Waals surface area contributed by atoms with Gasteiger partial charge in [0.1, 0.15) is 0 Å². The maximum Gasteiger partial charge on any atom is 0.0198 e. The molecule has 3 atom stereocenters. The highest BCUT2D eigenvalue weighted by Gasteiger charge is 2.27. The molecule has 100 valence electrons. The van der Waals surface area contributed by atoms with Gasteiger partial charge in [-0.2, -0.15) is 0 Å². The summed E-state index contributed by atoms with van der Waals surface area (Å²) in [6.07, 6.45) is 5.50. The molecule has 0 spiro atoms. The lowest BCUT2D eigenvalue weighted by Gasteiger charge is -2.43. The molecule has 2 rings (SSSR count). The number of nitrogens with one attached hydrogen (secondary N) is 1. The third-order valence-corrected chi connectivity index (χ3v) is 4.49. The molecule has 3 unspecified atom stereocenters. The lowest BCUT2D eigenvalue weighted by molar-refractivity contribution is 0.0589. The molecular weight excluding hydrogens is 210 g/mol. The standard InChI is InChI=1S/C14H29N3/c1-12(10-14-6-4-5-7-15-14)17-9-8-16(3)11-13(17)2/h12-15H,4-11H2,1-3H3. The highest BCUT2D eigenvalue weighted by Crippen LogP contribution is 2.18. The van der Waals surface area contributed by atoms with Gasteiger partial charge in [-0.15, -0.1) is 0 Å². The summed E-state index contributed by atoms with van der Waals surface area (Å²) in [7, 11) is 2.24. The second-order valence-electron chi connectivity index (χ2n) is 6.08. The van der Waals surface area contributed by atoms with Crippen molar-refractivity contribution in [2.45, 2.75) is 57.7 Å². The van der Waals surface area contributed by atoms with Crippen molar-refractivity contribution in [2.24, 2.45) is 0 Å². The summed E-state index contributed by atoms with van der Waals surface area (Å²) >= 11 is 0. The molecule has 2 aliphatic rings. The van der Waals surface area contributed by atoms with E-state index in [-0.39, 0.29) is 0 Å². The molecule has 2 heterocycles. The molecule has 0 bridgehead atoms. The van der Waals surface area contributed by atoms with E-state index in [9.17, 15) is 0 Å². The number of piperazine rings is 1. The van der Waals surface area contributed by atoms with E-state index in [2.05, 4.69) is 36.0 Å². The van der Waals surface area contributed by atoms with Gasteiger partial charge in [0.05, 0.1) is 0 Å². The van der Waals surface area contributed by atoms with Crippen molar-refractivity contribution in [3.63, 3.8) is 0 Å². The predicted molar refractivity (Wildman–Crippen MR) is 73.4 cm³/mol. The van der Waals surface area contributed by atoms with E-state index in [0.717, 1.165) is 12.1 Å². The van der Waals surface area contributed by atoms with Crippen LogP contribution in [0.15, 0.2) is 0 Å². The van der Waals surface area contributed by atoms with E-state index in [0.29, 0.717) is 6.04 Å². The van der Waals surface area contributed by atoms with E-state index in [4.69, 9.17) is 0 Å². The van der Waals surface area contributed by atoms with E-state index in [1.807, 2.05) is 0 Å². The van der Waals surface area contributed by atoms with Gasteiger partial charge in [0.2, 0.25) is 0 Å². The molecule has 3 heteroatoms. The first kappa shape index (κ1) is 13.3. The van der Waals surface area contributed by atoms with E-state index in [1.54, 1.807) is 0 Å². The van der Waals surface area contributed by atoms with Crippen LogP contribution in [0, 0.1) is 0 Å². The van der Waals surface area contributed by atoms with Crippen molar-refractivity contribution < 1.29 is 0 Å². The number of likely N-dealkylation sites (N-methyl/N-ethyl adjacent to an activating group) is 1. The third-order valence-electron chi connectivity index (χ3n) is 4.49.